The lowest BCUT2D eigenvalue weighted by Gasteiger charge is -2.35. The van der Waals surface area contributed by atoms with Gasteiger partial charge in [0.25, 0.3) is 0 Å². The number of nitrogens with zero attached hydrogens (tertiary/aromatic N) is 3. The number of pyridine rings is 1. The van der Waals surface area contributed by atoms with Crippen molar-refractivity contribution in [1.82, 2.24) is 9.88 Å². The van der Waals surface area contributed by atoms with Gasteiger partial charge in [-0.25, -0.2) is 9.78 Å². The molecule has 0 saturated carbocycles. The Hall–Kier alpha value is -2.97. The summed E-state index contributed by atoms with van der Waals surface area (Å²) in [5.74, 6) is -0.172. The number of hydrogen-bond acceptors (Lipinski definition) is 5. The van der Waals surface area contributed by atoms with Crippen molar-refractivity contribution >= 4 is 17.6 Å². The van der Waals surface area contributed by atoms with Crippen LogP contribution < -0.4 is 10.6 Å². The molecular weight excluding hydrogens is 361 g/mol. The maximum Gasteiger partial charge on any atom is 0.420 e. The summed E-state index contributed by atoms with van der Waals surface area (Å²) >= 11 is 0. The predicted molar refractivity (Wildman–Crippen MR) is 94.1 cm³/mol. The number of hydrogen-bond donors (Lipinski definition) is 1. The number of aromatic nitrogens is 1. The van der Waals surface area contributed by atoms with E-state index in [0.717, 1.165) is 11.6 Å². The molecule has 0 spiro atoms. The lowest BCUT2D eigenvalue weighted by atomic mass is 10.2. The van der Waals surface area contributed by atoms with Gasteiger partial charge in [0.2, 0.25) is 0 Å². The summed E-state index contributed by atoms with van der Waals surface area (Å²) in [6.07, 6.45) is -3.84. The number of piperazine rings is 1. The molecule has 0 bridgehead atoms. The van der Waals surface area contributed by atoms with Crippen LogP contribution in [0.2, 0.25) is 0 Å². The predicted octanol–water partition coefficient (Wildman–Crippen LogP) is 3.14. The molecular formula is C18H19F3N4O2. The van der Waals surface area contributed by atoms with Gasteiger partial charge in [-0.05, 0) is 11.6 Å². The summed E-state index contributed by atoms with van der Waals surface area (Å²) in [5, 5.41) is 0. The number of rotatable bonds is 3. The third kappa shape index (κ3) is 4.60. The van der Waals surface area contributed by atoms with Crippen LogP contribution in [0.1, 0.15) is 11.1 Å². The van der Waals surface area contributed by atoms with E-state index in [1.54, 1.807) is 0 Å². The van der Waals surface area contributed by atoms with Crippen LogP contribution in [-0.2, 0) is 17.5 Å². The highest BCUT2D eigenvalue weighted by molar-refractivity contribution is 5.68. The molecule has 1 amide bonds. The maximum absolute atomic E-state index is 13.2. The third-order valence-electron chi connectivity index (χ3n) is 4.24. The number of nitrogens with two attached hydrogens (primary N) is 1. The molecule has 3 rings (SSSR count). The summed E-state index contributed by atoms with van der Waals surface area (Å²) < 4.78 is 45.0. The molecule has 0 unspecified atom stereocenters. The highest BCUT2D eigenvalue weighted by atomic mass is 19.4. The van der Waals surface area contributed by atoms with Gasteiger partial charge in [-0.3, -0.25) is 0 Å². The average Bonchev–Trinajstić information content (AvgIpc) is 2.66. The van der Waals surface area contributed by atoms with E-state index in [9.17, 15) is 18.0 Å². The minimum absolute atomic E-state index is 0.0470. The van der Waals surface area contributed by atoms with E-state index >= 15 is 0 Å². The van der Waals surface area contributed by atoms with Gasteiger partial charge < -0.3 is 20.3 Å². The number of nitrogen functional groups attached to an aromatic ring is 1. The number of alkyl halides is 3. The summed E-state index contributed by atoms with van der Waals surface area (Å²) in [5.41, 5.74) is 5.39. The lowest BCUT2D eigenvalue weighted by molar-refractivity contribution is -0.137. The molecule has 0 radical (unpaired) electrons. The molecule has 1 saturated heterocycles. The normalized spacial score (nSPS) is 14.9. The monoisotopic (exact) mass is 380 g/mol. The SMILES string of the molecule is Nc1cnc(N2CCN(C(=O)OCc3ccccc3)CC2)c(C(F)(F)F)c1. The molecule has 2 heterocycles. The first kappa shape index (κ1) is 18.8. The number of halogens is 3. The van der Waals surface area contributed by atoms with Crippen LogP contribution in [0.15, 0.2) is 42.6 Å². The first-order valence-corrected chi connectivity index (χ1v) is 8.38. The Labute approximate surface area is 154 Å². The summed E-state index contributed by atoms with van der Waals surface area (Å²) in [6.45, 7) is 1.09. The summed E-state index contributed by atoms with van der Waals surface area (Å²) in [6, 6.07) is 10.1. The fraction of sp³-hybridized carbons (Fsp3) is 0.333. The second-order valence-corrected chi connectivity index (χ2v) is 6.15. The Morgan fingerprint density at radius 1 is 1.15 bits per heavy atom. The molecule has 27 heavy (non-hydrogen) atoms. The number of benzene rings is 1. The van der Waals surface area contributed by atoms with Gasteiger partial charge in [0, 0.05) is 26.2 Å². The van der Waals surface area contributed by atoms with Gasteiger partial charge in [-0.1, -0.05) is 30.3 Å². The molecule has 144 valence electrons. The van der Waals surface area contributed by atoms with Gasteiger partial charge in [0.15, 0.2) is 0 Å². The van der Waals surface area contributed by atoms with Crippen LogP contribution >= 0.6 is 0 Å². The van der Waals surface area contributed by atoms with Crippen molar-refractivity contribution in [2.45, 2.75) is 12.8 Å². The number of ether oxygens (including phenoxy) is 1. The van der Waals surface area contributed by atoms with Gasteiger partial charge in [-0.2, -0.15) is 13.2 Å². The third-order valence-corrected chi connectivity index (χ3v) is 4.24. The summed E-state index contributed by atoms with van der Waals surface area (Å²) in [4.78, 5) is 19.0. The van der Waals surface area contributed by atoms with Crippen molar-refractivity contribution in [2.24, 2.45) is 0 Å². The van der Waals surface area contributed by atoms with E-state index in [4.69, 9.17) is 10.5 Å². The number of amides is 1. The molecule has 1 aliphatic rings. The molecule has 1 fully saturated rings. The molecule has 2 N–H and O–H groups in total. The fourth-order valence-electron chi connectivity index (χ4n) is 2.85. The number of anilines is 2. The van der Waals surface area contributed by atoms with Crippen molar-refractivity contribution in [3.05, 3.63) is 53.7 Å². The van der Waals surface area contributed by atoms with E-state index in [1.807, 2.05) is 30.3 Å². The molecule has 1 aromatic heterocycles. The van der Waals surface area contributed by atoms with E-state index in [0.29, 0.717) is 0 Å². The Balaban J connectivity index is 1.60. The van der Waals surface area contributed by atoms with Crippen LogP contribution in [-0.4, -0.2) is 42.2 Å². The molecule has 2 aromatic rings. The largest absolute Gasteiger partial charge is 0.445 e. The molecule has 6 nitrogen and oxygen atoms in total. The van der Waals surface area contributed by atoms with Crippen molar-refractivity contribution in [1.29, 1.82) is 0 Å². The Kier molecular flexibility index (Phi) is 5.38. The van der Waals surface area contributed by atoms with Gasteiger partial charge >= 0.3 is 12.3 Å². The molecule has 1 aliphatic heterocycles. The maximum atomic E-state index is 13.2. The smallest absolute Gasteiger partial charge is 0.420 e. The lowest BCUT2D eigenvalue weighted by Crippen LogP contribution is -2.49. The van der Waals surface area contributed by atoms with E-state index < -0.39 is 17.8 Å². The Morgan fingerprint density at radius 2 is 1.81 bits per heavy atom. The van der Waals surface area contributed by atoms with E-state index in [-0.39, 0.29) is 44.3 Å². The topological polar surface area (TPSA) is 71.7 Å². The van der Waals surface area contributed by atoms with Crippen molar-refractivity contribution in [3.63, 3.8) is 0 Å². The van der Waals surface area contributed by atoms with Crippen molar-refractivity contribution < 1.29 is 22.7 Å². The van der Waals surface area contributed by atoms with Crippen LogP contribution in [0.4, 0.5) is 29.5 Å². The highest BCUT2D eigenvalue weighted by Crippen LogP contribution is 2.36. The Bertz CT molecular complexity index is 791. The first-order valence-electron chi connectivity index (χ1n) is 8.38. The van der Waals surface area contributed by atoms with Crippen LogP contribution in [0.25, 0.3) is 0 Å². The second kappa shape index (κ2) is 7.73. The fourth-order valence-corrected chi connectivity index (χ4v) is 2.85. The minimum atomic E-state index is -4.55. The zero-order chi connectivity index (χ0) is 19.4. The zero-order valence-corrected chi connectivity index (χ0v) is 14.4. The first-order chi connectivity index (χ1) is 12.8. The molecule has 9 heteroatoms. The van der Waals surface area contributed by atoms with Crippen molar-refractivity contribution in [2.75, 3.05) is 36.8 Å². The zero-order valence-electron chi connectivity index (χ0n) is 14.4. The molecule has 1 aromatic carbocycles. The number of carbonyl (C=O) groups excluding carboxylic acids is 1. The van der Waals surface area contributed by atoms with Crippen LogP contribution in [0.3, 0.4) is 0 Å². The minimum Gasteiger partial charge on any atom is -0.445 e. The van der Waals surface area contributed by atoms with Gasteiger partial charge in [-0.15, -0.1) is 0 Å². The quantitative estimate of drug-likeness (QED) is 0.886. The Morgan fingerprint density at radius 3 is 2.44 bits per heavy atom. The molecule has 0 atom stereocenters. The van der Waals surface area contributed by atoms with Gasteiger partial charge in [0.1, 0.15) is 18.0 Å². The number of carbonyl (C=O) groups is 1. The summed E-state index contributed by atoms with van der Waals surface area (Å²) in [7, 11) is 0. The van der Waals surface area contributed by atoms with Gasteiger partial charge in [0.05, 0.1) is 11.9 Å². The molecule has 0 aliphatic carbocycles. The van der Waals surface area contributed by atoms with Crippen LogP contribution in [0.5, 0.6) is 0 Å². The highest BCUT2D eigenvalue weighted by Gasteiger charge is 2.37. The average molecular weight is 380 g/mol. The second-order valence-electron chi connectivity index (χ2n) is 6.15. The standard InChI is InChI=1S/C18H19F3N4O2/c19-18(20,21)15-10-14(22)11-23-16(15)24-6-8-25(9-7-24)17(26)27-12-13-4-2-1-3-5-13/h1-5,10-11H,6-9,12,22H2. The van der Waals surface area contributed by atoms with E-state index in [2.05, 4.69) is 4.98 Å². The van der Waals surface area contributed by atoms with Crippen molar-refractivity contribution in [3.8, 4) is 0 Å². The van der Waals surface area contributed by atoms with Crippen LogP contribution in [0, 0.1) is 0 Å². The van der Waals surface area contributed by atoms with E-state index in [1.165, 1.54) is 16.0 Å².